The fourth-order valence-electron chi connectivity index (χ4n) is 2.36. The summed E-state index contributed by atoms with van der Waals surface area (Å²) in [4.78, 5) is 8.63. The number of hydrogen-bond acceptors (Lipinski definition) is 5. The van der Waals surface area contributed by atoms with Gasteiger partial charge in [0.15, 0.2) is 17.5 Å². The predicted molar refractivity (Wildman–Crippen MR) is 118 cm³/mol. The molecule has 0 saturated carbocycles. The molecule has 0 aliphatic rings. The van der Waals surface area contributed by atoms with Crippen molar-refractivity contribution in [1.29, 1.82) is 0 Å². The van der Waals surface area contributed by atoms with Crippen LogP contribution in [-0.2, 0) is 19.5 Å². The van der Waals surface area contributed by atoms with E-state index in [1.807, 2.05) is 5.38 Å². The highest BCUT2D eigenvalue weighted by atomic mass is 127. The van der Waals surface area contributed by atoms with Crippen LogP contribution < -0.4 is 20.1 Å². The van der Waals surface area contributed by atoms with Gasteiger partial charge >= 0.3 is 6.61 Å². The molecular formula is C18H25F2IN4O2S. The maximum atomic E-state index is 12.8. The lowest BCUT2D eigenvalue weighted by molar-refractivity contribution is -0.0520. The second-order valence-electron chi connectivity index (χ2n) is 5.42. The number of halogens is 3. The lowest BCUT2D eigenvalue weighted by Gasteiger charge is -2.17. The molecule has 10 heteroatoms. The van der Waals surface area contributed by atoms with Crippen molar-refractivity contribution >= 4 is 41.3 Å². The third-order valence-corrected chi connectivity index (χ3v) is 4.62. The zero-order valence-corrected chi connectivity index (χ0v) is 19.1. The summed E-state index contributed by atoms with van der Waals surface area (Å²) in [6.07, 6.45) is 0.903. The molecule has 0 unspecified atom stereocenters. The number of alkyl halides is 2. The summed E-state index contributed by atoms with van der Waals surface area (Å²) >= 11 is 1.62. The van der Waals surface area contributed by atoms with Crippen LogP contribution in [0.15, 0.2) is 28.6 Å². The summed E-state index contributed by atoms with van der Waals surface area (Å²) in [6, 6.07) is 5.04. The number of ether oxygens (including phenoxy) is 2. The molecule has 2 rings (SSSR count). The van der Waals surface area contributed by atoms with Gasteiger partial charge < -0.3 is 20.1 Å². The van der Waals surface area contributed by atoms with E-state index in [0.29, 0.717) is 24.7 Å². The van der Waals surface area contributed by atoms with Crippen LogP contribution in [0.1, 0.15) is 30.1 Å². The summed E-state index contributed by atoms with van der Waals surface area (Å²) in [7, 11) is 1.64. The Balaban J connectivity index is 0.00000392. The van der Waals surface area contributed by atoms with Gasteiger partial charge in [-0.3, -0.25) is 4.99 Å². The van der Waals surface area contributed by atoms with E-state index in [4.69, 9.17) is 4.74 Å². The summed E-state index contributed by atoms with van der Waals surface area (Å²) in [5.41, 5.74) is 1.48. The third-order valence-electron chi connectivity index (χ3n) is 3.58. The SMILES string of the molecule is CCOc1cccc(CNC(=NC)NCc2csc(CC)n2)c1OC(F)F.I. The van der Waals surface area contributed by atoms with Crippen LogP contribution in [0.25, 0.3) is 0 Å². The van der Waals surface area contributed by atoms with Gasteiger partial charge in [-0.15, -0.1) is 35.3 Å². The number of aliphatic imine (C=N–C) groups is 1. The molecule has 0 atom stereocenters. The minimum atomic E-state index is -2.93. The van der Waals surface area contributed by atoms with Crippen LogP contribution in [0, 0.1) is 0 Å². The van der Waals surface area contributed by atoms with Crippen LogP contribution in [0.5, 0.6) is 11.5 Å². The second-order valence-corrected chi connectivity index (χ2v) is 6.36. The van der Waals surface area contributed by atoms with Gasteiger partial charge in [0.2, 0.25) is 0 Å². The Kier molecular flexibility index (Phi) is 11.0. The van der Waals surface area contributed by atoms with Crippen molar-refractivity contribution in [3.05, 3.63) is 39.8 Å². The molecular weight excluding hydrogens is 501 g/mol. The molecule has 0 fully saturated rings. The predicted octanol–water partition coefficient (Wildman–Crippen LogP) is 4.19. The highest BCUT2D eigenvalue weighted by Gasteiger charge is 2.16. The third kappa shape index (κ3) is 7.38. The topological polar surface area (TPSA) is 67.8 Å². The molecule has 0 spiro atoms. The van der Waals surface area contributed by atoms with E-state index >= 15 is 0 Å². The van der Waals surface area contributed by atoms with Crippen LogP contribution in [0.4, 0.5) is 8.78 Å². The van der Waals surface area contributed by atoms with Gasteiger partial charge in [0.1, 0.15) is 0 Å². The zero-order valence-electron chi connectivity index (χ0n) is 16.0. The number of aryl methyl sites for hydroxylation is 1. The molecule has 0 amide bonds. The number of hydrogen-bond donors (Lipinski definition) is 2. The van der Waals surface area contributed by atoms with Crippen LogP contribution in [-0.4, -0.2) is 31.2 Å². The smallest absolute Gasteiger partial charge is 0.387 e. The number of nitrogens with one attached hydrogen (secondary N) is 2. The fourth-order valence-corrected chi connectivity index (χ4v) is 3.10. The molecule has 0 radical (unpaired) electrons. The largest absolute Gasteiger partial charge is 0.490 e. The van der Waals surface area contributed by atoms with Gasteiger partial charge in [-0.2, -0.15) is 8.78 Å². The highest BCUT2D eigenvalue weighted by molar-refractivity contribution is 14.0. The highest BCUT2D eigenvalue weighted by Crippen LogP contribution is 2.32. The quantitative estimate of drug-likeness (QED) is 0.292. The van der Waals surface area contributed by atoms with Crippen molar-refractivity contribution in [3.8, 4) is 11.5 Å². The number of guanidine groups is 1. The Hall–Kier alpha value is -1.69. The first kappa shape index (κ1) is 24.3. The van der Waals surface area contributed by atoms with E-state index in [-0.39, 0.29) is 42.0 Å². The number of aromatic nitrogens is 1. The van der Waals surface area contributed by atoms with Crippen molar-refractivity contribution in [3.63, 3.8) is 0 Å². The number of thiazole rings is 1. The molecule has 1 aromatic carbocycles. The number of para-hydroxylation sites is 1. The zero-order chi connectivity index (χ0) is 19.6. The van der Waals surface area contributed by atoms with Crippen LogP contribution in [0.2, 0.25) is 0 Å². The Morgan fingerprint density at radius 2 is 2.00 bits per heavy atom. The van der Waals surface area contributed by atoms with E-state index in [0.717, 1.165) is 17.1 Å². The molecule has 1 aromatic heterocycles. The number of benzene rings is 1. The monoisotopic (exact) mass is 526 g/mol. The average molecular weight is 526 g/mol. The molecule has 0 bridgehead atoms. The summed E-state index contributed by atoms with van der Waals surface area (Å²) in [6.45, 7) is 2.04. The molecule has 0 aliphatic heterocycles. The van der Waals surface area contributed by atoms with Gasteiger partial charge in [0.05, 0.1) is 23.9 Å². The Morgan fingerprint density at radius 3 is 2.61 bits per heavy atom. The Bertz CT molecular complexity index is 759. The van der Waals surface area contributed by atoms with Gasteiger partial charge in [-0.05, 0) is 19.4 Å². The van der Waals surface area contributed by atoms with E-state index in [1.54, 1.807) is 43.5 Å². The van der Waals surface area contributed by atoms with E-state index in [1.165, 1.54) is 0 Å². The van der Waals surface area contributed by atoms with Gasteiger partial charge in [0, 0.05) is 24.5 Å². The summed E-state index contributed by atoms with van der Waals surface area (Å²) in [5.74, 6) is 0.852. The molecule has 156 valence electrons. The molecule has 2 aromatic rings. The molecule has 6 nitrogen and oxygen atoms in total. The second kappa shape index (κ2) is 12.7. The molecule has 28 heavy (non-hydrogen) atoms. The van der Waals surface area contributed by atoms with E-state index in [2.05, 4.69) is 32.3 Å². The molecule has 2 N–H and O–H groups in total. The molecule has 0 aliphatic carbocycles. The lowest BCUT2D eigenvalue weighted by atomic mass is 10.2. The number of rotatable bonds is 9. The van der Waals surface area contributed by atoms with Crippen molar-refractivity contribution in [1.82, 2.24) is 15.6 Å². The first-order valence-corrected chi connectivity index (χ1v) is 9.52. The van der Waals surface area contributed by atoms with Gasteiger partial charge in [-0.25, -0.2) is 4.98 Å². The Labute approximate surface area is 184 Å². The first-order chi connectivity index (χ1) is 13.1. The number of nitrogens with zero attached hydrogens (tertiary/aromatic N) is 2. The van der Waals surface area contributed by atoms with Crippen molar-refractivity contribution < 1.29 is 18.3 Å². The van der Waals surface area contributed by atoms with Crippen LogP contribution >= 0.6 is 35.3 Å². The standard InChI is InChI=1S/C18H24F2N4O2S.HI/c1-4-15-24-13(11-27-15)10-23-18(21-3)22-9-12-7-6-8-14(25-5-2)16(12)26-17(19)20;/h6-8,11,17H,4-5,9-10H2,1-3H3,(H2,21,22,23);1H. The first-order valence-electron chi connectivity index (χ1n) is 8.64. The summed E-state index contributed by atoms with van der Waals surface area (Å²) in [5, 5.41) is 9.33. The summed E-state index contributed by atoms with van der Waals surface area (Å²) < 4.78 is 35.6. The van der Waals surface area contributed by atoms with E-state index < -0.39 is 6.61 Å². The fraction of sp³-hybridized carbons (Fsp3) is 0.444. The maximum absolute atomic E-state index is 12.8. The normalized spacial score (nSPS) is 11.1. The van der Waals surface area contributed by atoms with Crippen molar-refractivity contribution in [2.45, 2.75) is 40.0 Å². The molecule has 0 saturated heterocycles. The minimum Gasteiger partial charge on any atom is -0.490 e. The Morgan fingerprint density at radius 1 is 1.25 bits per heavy atom. The van der Waals surface area contributed by atoms with Crippen molar-refractivity contribution in [2.24, 2.45) is 4.99 Å². The van der Waals surface area contributed by atoms with Gasteiger partial charge in [0.25, 0.3) is 0 Å². The van der Waals surface area contributed by atoms with Crippen LogP contribution in [0.3, 0.4) is 0 Å². The maximum Gasteiger partial charge on any atom is 0.387 e. The minimum absolute atomic E-state index is 0. The molecule has 1 heterocycles. The van der Waals surface area contributed by atoms with E-state index in [9.17, 15) is 8.78 Å². The van der Waals surface area contributed by atoms with Gasteiger partial charge in [-0.1, -0.05) is 19.1 Å². The lowest BCUT2D eigenvalue weighted by Crippen LogP contribution is -2.36. The van der Waals surface area contributed by atoms with Crippen molar-refractivity contribution in [2.75, 3.05) is 13.7 Å². The average Bonchev–Trinajstić information content (AvgIpc) is 3.12.